The number of thioether (sulfide) groups is 1. The predicted molar refractivity (Wildman–Crippen MR) is 147 cm³/mol. The number of aliphatic carboxylic acids is 1. The molecule has 2 aromatic rings. The second-order valence-electron chi connectivity index (χ2n) is 7.87. The Morgan fingerprint density at radius 3 is 2.42 bits per heavy atom. The number of likely N-dealkylation sites (N-methyl/N-ethyl adjacent to an activating group) is 1. The first-order chi connectivity index (χ1) is 17.0. The number of alkyl halides is 2. The molecule has 0 saturated carbocycles. The summed E-state index contributed by atoms with van der Waals surface area (Å²) in [5, 5.41) is 14.7. The first kappa shape index (κ1) is 30.1. The number of anilines is 2. The highest BCUT2D eigenvalue weighted by Crippen LogP contribution is 2.44. The van der Waals surface area contributed by atoms with E-state index in [9.17, 15) is 13.6 Å². The molecule has 0 fully saturated rings. The minimum atomic E-state index is -2.46. The summed E-state index contributed by atoms with van der Waals surface area (Å²) in [4.78, 5) is 15.7. The number of benzene rings is 2. The van der Waals surface area contributed by atoms with E-state index in [2.05, 4.69) is 34.5 Å². The van der Waals surface area contributed by atoms with Gasteiger partial charge >= 0.3 is 5.97 Å². The van der Waals surface area contributed by atoms with Crippen LogP contribution in [0.3, 0.4) is 0 Å². The fourth-order valence-corrected chi connectivity index (χ4v) is 4.80. The van der Waals surface area contributed by atoms with Crippen LogP contribution in [-0.4, -0.2) is 54.3 Å². The summed E-state index contributed by atoms with van der Waals surface area (Å²) in [6, 6.07) is 14.4. The number of hydrogen-bond donors (Lipinski definition) is 3. The molecule has 0 aromatic heterocycles. The van der Waals surface area contributed by atoms with E-state index < -0.39 is 11.9 Å². The van der Waals surface area contributed by atoms with Crippen molar-refractivity contribution in [2.75, 3.05) is 37.9 Å². The van der Waals surface area contributed by atoms with E-state index in [0.717, 1.165) is 53.1 Å². The lowest BCUT2D eigenvalue weighted by Crippen LogP contribution is -2.24. The highest BCUT2D eigenvalue weighted by molar-refractivity contribution is 8.01. The number of halogens is 2. The van der Waals surface area contributed by atoms with Crippen LogP contribution in [0.15, 0.2) is 62.9 Å². The lowest BCUT2D eigenvalue weighted by Gasteiger charge is -2.25. The van der Waals surface area contributed by atoms with E-state index in [1.165, 1.54) is 6.92 Å². The Balaban J connectivity index is 0.000000678. The van der Waals surface area contributed by atoms with Crippen molar-refractivity contribution in [3.63, 3.8) is 0 Å². The molecular formula is C24H32F2N4O3S3. The summed E-state index contributed by atoms with van der Waals surface area (Å²) in [6.07, 6.45) is 1.92. The van der Waals surface area contributed by atoms with Gasteiger partial charge in [0.05, 0.1) is 20.4 Å². The van der Waals surface area contributed by atoms with Crippen molar-refractivity contribution in [1.29, 1.82) is 0 Å². The number of ether oxygens (including phenoxy) is 1. The molecule has 0 radical (unpaired) electrons. The Kier molecular flexibility index (Phi) is 11.7. The van der Waals surface area contributed by atoms with Crippen molar-refractivity contribution in [3.8, 4) is 5.75 Å². The number of carboxylic acids is 1. The first-order valence-electron chi connectivity index (χ1n) is 11.0. The first-order valence-corrected chi connectivity index (χ1v) is 13.9. The number of carboxylic acid groups (broad SMARTS) is 1. The molecule has 1 heterocycles. The van der Waals surface area contributed by atoms with Gasteiger partial charge in [0.1, 0.15) is 18.1 Å². The van der Waals surface area contributed by atoms with Crippen LogP contribution in [-0.2, 0) is 4.79 Å². The van der Waals surface area contributed by atoms with Gasteiger partial charge in [-0.2, -0.15) is 0 Å². The number of fused-ring (bicyclic) bond motifs is 1. The quantitative estimate of drug-likeness (QED) is 0.209. The molecule has 0 spiro atoms. The molecule has 5 N–H and O–H groups in total. The van der Waals surface area contributed by atoms with E-state index in [0.29, 0.717) is 5.75 Å². The Hall–Kier alpha value is -2.12. The third-order valence-corrected chi connectivity index (χ3v) is 7.55. The van der Waals surface area contributed by atoms with Crippen molar-refractivity contribution < 1.29 is 23.4 Å². The third kappa shape index (κ3) is 8.77. The van der Waals surface area contributed by atoms with Gasteiger partial charge in [0.15, 0.2) is 0 Å². The molecule has 1 aliphatic heterocycles. The lowest BCUT2D eigenvalue weighted by molar-refractivity contribution is -0.132. The number of nitrogens with zero attached hydrogens (tertiary/aromatic N) is 2. The van der Waals surface area contributed by atoms with Crippen LogP contribution in [0.5, 0.6) is 5.75 Å². The molecule has 36 heavy (non-hydrogen) atoms. The van der Waals surface area contributed by atoms with Crippen LogP contribution in [0.1, 0.15) is 20.3 Å². The Morgan fingerprint density at radius 2 is 1.89 bits per heavy atom. The Morgan fingerprint density at radius 1 is 1.25 bits per heavy atom. The van der Waals surface area contributed by atoms with Crippen molar-refractivity contribution in [2.45, 2.75) is 36.0 Å². The van der Waals surface area contributed by atoms with Gasteiger partial charge in [-0.1, -0.05) is 25.1 Å². The fraction of sp³-hybridized carbons (Fsp3) is 0.375. The zero-order valence-electron chi connectivity index (χ0n) is 20.7. The molecule has 12 heteroatoms. The van der Waals surface area contributed by atoms with Gasteiger partial charge < -0.3 is 20.5 Å². The maximum atomic E-state index is 11.5. The Bertz CT molecular complexity index is 1050. The maximum absolute atomic E-state index is 11.5. The average molecular weight is 559 g/mol. The topological polar surface area (TPSA) is 105 Å². The zero-order valence-corrected chi connectivity index (χ0v) is 23.1. The molecule has 2 aromatic carbocycles. The minimum Gasteiger partial charge on any atom is -0.487 e. The molecule has 3 rings (SSSR count). The van der Waals surface area contributed by atoms with Gasteiger partial charge in [0.2, 0.25) is 5.92 Å². The number of para-hydroxylation sites is 1. The fourth-order valence-electron chi connectivity index (χ4n) is 2.98. The molecule has 0 aliphatic carbocycles. The molecule has 0 saturated heterocycles. The summed E-state index contributed by atoms with van der Waals surface area (Å²) in [6.45, 7) is 4.12. The van der Waals surface area contributed by atoms with E-state index in [4.69, 9.17) is 20.7 Å². The van der Waals surface area contributed by atoms with Crippen molar-refractivity contribution in [1.82, 2.24) is 4.31 Å². The van der Waals surface area contributed by atoms with Gasteiger partial charge in [-0.25, -0.2) is 17.9 Å². The summed E-state index contributed by atoms with van der Waals surface area (Å²) >= 11 is 4.02. The van der Waals surface area contributed by atoms with Gasteiger partial charge in [-0.3, -0.25) is 5.14 Å². The molecule has 7 nitrogen and oxygen atoms in total. The van der Waals surface area contributed by atoms with Crippen LogP contribution in [0.25, 0.3) is 0 Å². The standard InChI is InChI=1S/C20H24N4O3S3.C4H8F2/c1-23-8-9-24(13-6-4-3-5-7-13)14-10-17(28-2)15(11-16(14)30-23)27-12-18(29-22)19(21)20(25)26;1-3-4(2,5)6/h3-7,10-11H,8-9,12,21-22H2,1-2H3,(H,25,26);3H2,1-2H3/b19-18-;. The Labute approximate surface area is 223 Å². The van der Waals surface area contributed by atoms with E-state index in [1.54, 1.807) is 23.7 Å². The average Bonchev–Trinajstić information content (AvgIpc) is 3.01. The van der Waals surface area contributed by atoms with Gasteiger partial charge in [0.25, 0.3) is 0 Å². The smallest absolute Gasteiger partial charge is 0.352 e. The third-order valence-electron chi connectivity index (χ3n) is 5.15. The maximum Gasteiger partial charge on any atom is 0.352 e. The summed E-state index contributed by atoms with van der Waals surface area (Å²) in [5.41, 5.74) is 7.56. The second kappa shape index (κ2) is 14.0. The monoisotopic (exact) mass is 558 g/mol. The SMILES string of the molecule is CCC(C)(F)F.CSc1cc2c(cc1OC/C(SN)=C(/N)C(=O)O)SN(C)CCN2c1ccccc1. The van der Waals surface area contributed by atoms with Gasteiger partial charge in [0, 0.05) is 25.2 Å². The van der Waals surface area contributed by atoms with Crippen LogP contribution in [0.4, 0.5) is 20.2 Å². The van der Waals surface area contributed by atoms with Crippen LogP contribution in [0, 0.1) is 0 Å². The molecule has 0 unspecified atom stereocenters. The molecule has 0 amide bonds. The zero-order chi connectivity index (χ0) is 26.9. The lowest BCUT2D eigenvalue weighted by atomic mass is 10.2. The van der Waals surface area contributed by atoms with Crippen molar-refractivity contribution in [3.05, 3.63) is 53.1 Å². The molecular weight excluding hydrogens is 526 g/mol. The van der Waals surface area contributed by atoms with Gasteiger partial charge in [-0.05, 0) is 68.4 Å². The van der Waals surface area contributed by atoms with E-state index in [-0.39, 0.29) is 23.6 Å². The normalized spacial score (nSPS) is 14.7. The molecule has 0 bridgehead atoms. The predicted octanol–water partition coefficient (Wildman–Crippen LogP) is 5.79. The van der Waals surface area contributed by atoms with Crippen molar-refractivity contribution in [2.24, 2.45) is 10.9 Å². The van der Waals surface area contributed by atoms with Crippen LogP contribution >= 0.6 is 35.7 Å². The van der Waals surface area contributed by atoms with E-state index in [1.807, 2.05) is 30.5 Å². The van der Waals surface area contributed by atoms with E-state index >= 15 is 0 Å². The van der Waals surface area contributed by atoms with Gasteiger partial charge in [-0.15, -0.1) is 11.8 Å². The van der Waals surface area contributed by atoms with Crippen LogP contribution in [0.2, 0.25) is 0 Å². The number of hydrogen-bond acceptors (Lipinski definition) is 9. The minimum absolute atomic E-state index is 0.00540. The molecule has 198 valence electrons. The number of carbonyl (C=O) groups is 1. The summed E-state index contributed by atoms with van der Waals surface area (Å²) < 4.78 is 31.1. The highest BCUT2D eigenvalue weighted by atomic mass is 32.2. The van der Waals surface area contributed by atoms with Crippen LogP contribution < -0.4 is 20.5 Å². The highest BCUT2D eigenvalue weighted by Gasteiger charge is 2.23. The second-order valence-corrected chi connectivity index (χ2v) is 10.7. The number of rotatable bonds is 8. The number of nitrogens with two attached hydrogens (primary N) is 2. The summed E-state index contributed by atoms with van der Waals surface area (Å²) in [5.74, 6) is -3.00. The molecule has 1 aliphatic rings. The molecule has 0 atom stereocenters. The summed E-state index contributed by atoms with van der Waals surface area (Å²) in [7, 11) is 2.06. The van der Waals surface area contributed by atoms with Crippen molar-refractivity contribution >= 4 is 53.0 Å². The largest absolute Gasteiger partial charge is 0.487 e.